The number of amides is 1. The van der Waals surface area contributed by atoms with Gasteiger partial charge in [-0.3, -0.25) is 9.59 Å². The Labute approximate surface area is 155 Å². The molecular formula is C21H28N2O3. The lowest BCUT2D eigenvalue weighted by atomic mass is 9.78. The van der Waals surface area contributed by atoms with Gasteiger partial charge < -0.3 is 14.9 Å². The zero-order valence-corrected chi connectivity index (χ0v) is 15.6. The first-order valence-corrected chi connectivity index (χ1v) is 9.80. The number of nitrogens with zero attached hydrogens (tertiary/aromatic N) is 2. The molecule has 3 aliphatic rings. The zero-order chi connectivity index (χ0) is 18.4. The quantitative estimate of drug-likeness (QED) is 0.905. The van der Waals surface area contributed by atoms with Crippen molar-refractivity contribution in [1.29, 1.82) is 0 Å². The molecule has 0 spiro atoms. The maximum Gasteiger partial charge on any atom is 0.307 e. The highest BCUT2D eigenvalue weighted by Crippen LogP contribution is 2.53. The van der Waals surface area contributed by atoms with Crippen LogP contribution < -0.4 is 4.90 Å². The lowest BCUT2D eigenvalue weighted by molar-refractivity contribution is -0.153. The summed E-state index contributed by atoms with van der Waals surface area (Å²) in [7, 11) is 0. The number of hydrogen-bond donors (Lipinski definition) is 1. The van der Waals surface area contributed by atoms with Crippen molar-refractivity contribution in [2.24, 2.45) is 23.7 Å². The molecule has 0 unspecified atom stereocenters. The normalized spacial score (nSPS) is 33.5. The van der Waals surface area contributed by atoms with Gasteiger partial charge >= 0.3 is 5.97 Å². The molecule has 1 heterocycles. The number of aryl methyl sites for hydroxylation is 1. The lowest BCUT2D eigenvalue weighted by Crippen LogP contribution is -2.56. The molecule has 1 amide bonds. The fourth-order valence-corrected chi connectivity index (χ4v) is 5.49. The third-order valence-corrected chi connectivity index (χ3v) is 6.79. The molecule has 5 heteroatoms. The minimum absolute atomic E-state index is 0.0833. The highest BCUT2D eigenvalue weighted by molar-refractivity contribution is 5.86. The number of carbonyl (C=O) groups is 2. The summed E-state index contributed by atoms with van der Waals surface area (Å²) in [5.74, 6) is -0.977. The first-order chi connectivity index (χ1) is 12.5. The Morgan fingerprint density at radius 2 is 1.69 bits per heavy atom. The van der Waals surface area contributed by atoms with Gasteiger partial charge in [-0.05, 0) is 57.1 Å². The van der Waals surface area contributed by atoms with Crippen LogP contribution in [-0.2, 0) is 9.59 Å². The molecule has 0 aromatic heterocycles. The van der Waals surface area contributed by atoms with Crippen LogP contribution in [0.2, 0.25) is 0 Å². The maximum atomic E-state index is 13.2. The van der Waals surface area contributed by atoms with Crippen LogP contribution >= 0.6 is 0 Å². The summed E-state index contributed by atoms with van der Waals surface area (Å²) in [4.78, 5) is 29.2. The maximum absolute atomic E-state index is 13.2. The van der Waals surface area contributed by atoms with Crippen LogP contribution in [0.25, 0.3) is 0 Å². The molecule has 5 atom stereocenters. The second kappa shape index (κ2) is 6.60. The molecule has 1 N–H and O–H groups in total. The summed E-state index contributed by atoms with van der Waals surface area (Å²) < 4.78 is 0. The Bertz CT molecular complexity index is 702. The Kier molecular flexibility index (Phi) is 4.41. The molecule has 1 aliphatic heterocycles. The monoisotopic (exact) mass is 356 g/mol. The summed E-state index contributed by atoms with van der Waals surface area (Å²) in [5, 5.41) is 9.64. The summed E-state index contributed by atoms with van der Waals surface area (Å²) in [6.07, 6.45) is 2.92. The fourth-order valence-electron chi connectivity index (χ4n) is 5.49. The number of aliphatic carboxylic acids is 1. The Balaban J connectivity index is 1.46. The van der Waals surface area contributed by atoms with Gasteiger partial charge in [0.25, 0.3) is 0 Å². The van der Waals surface area contributed by atoms with Crippen molar-refractivity contribution in [3.05, 3.63) is 29.8 Å². The topological polar surface area (TPSA) is 60.9 Å². The molecule has 1 saturated heterocycles. The molecule has 140 valence electrons. The molecule has 26 heavy (non-hydrogen) atoms. The van der Waals surface area contributed by atoms with Gasteiger partial charge in [0.2, 0.25) is 5.91 Å². The second-order valence-electron chi connectivity index (χ2n) is 8.39. The van der Waals surface area contributed by atoms with Crippen molar-refractivity contribution < 1.29 is 14.7 Å². The van der Waals surface area contributed by atoms with E-state index in [0.29, 0.717) is 13.1 Å². The van der Waals surface area contributed by atoms with Crippen LogP contribution in [0.3, 0.4) is 0 Å². The van der Waals surface area contributed by atoms with Gasteiger partial charge in [-0.15, -0.1) is 0 Å². The molecular weight excluding hydrogens is 328 g/mol. The van der Waals surface area contributed by atoms with E-state index in [4.69, 9.17) is 0 Å². The van der Waals surface area contributed by atoms with E-state index in [1.165, 1.54) is 11.3 Å². The Morgan fingerprint density at radius 1 is 1.04 bits per heavy atom. The van der Waals surface area contributed by atoms with Crippen LogP contribution in [0.5, 0.6) is 0 Å². The van der Waals surface area contributed by atoms with Crippen molar-refractivity contribution >= 4 is 17.6 Å². The number of piperazine rings is 1. The van der Waals surface area contributed by atoms with Crippen LogP contribution in [0.4, 0.5) is 5.69 Å². The first kappa shape index (κ1) is 17.4. The molecule has 2 aliphatic carbocycles. The van der Waals surface area contributed by atoms with Gasteiger partial charge in [0.15, 0.2) is 0 Å². The number of carboxylic acid groups (broad SMARTS) is 1. The van der Waals surface area contributed by atoms with E-state index in [2.05, 4.69) is 43.0 Å². The van der Waals surface area contributed by atoms with E-state index < -0.39 is 11.9 Å². The average Bonchev–Trinajstić information content (AvgIpc) is 3.23. The van der Waals surface area contributed by atoms with Crippen molar-refractivity contribution in [2.75, 3.05) is 24.5 Å². The van der Waals surface area contributed by atoms with Crippen molar-refractivity contribution in [2.45, 2.75) is 39.2 Å². The van der Waals surface area contributed by atoms with Crippen LogP contribution in [-0.4, -0.2) is 47.6 Å². The largest absolute Gasteiger partial charge is 0.481 e. The fraction of sp³-hybridized carbons (Fsp3) is 0.619. The SMILES string of the molecule is Cc1ccc(N2CCN(C(=O)[C@H]3[C@@H]4CC[C@@H](C4)[C@@H]3C(=O)O)C[C@@H]2C)cc1. The van der Waals surface area contributed by atoms with E-state index in [0.717, 1.165) is 25.8 Å². The minimum atomic E-state index is -0.776. The Morgan fingerprint density at radius 3 is 2.31 bits per heavy atom. The molecule has 5 nitrogen and oxygen atoms in total. The summed E-state index contributed by atoms with van der Waals surface area (Å²) in [5.41, 5.74) is 2.43. The van der Waals surface area contributed by atoms with Gasteiger partial charge in [0.05, 0.1) is 11.8 Å². The molecule has 0 radical (unpaired) electrons. The zero-order valence-electron chi connectivity index (χ0n) is 15.6. The number of carbonyl (C=O) groups excluding carboxylic acids is 1. The highest BCUT2D eigenvalue weighted by atomic mass is 16.4. The smallest absolute Gasteiger partial charge is 0.307 e. The van der Waals surface area contributed by atoms with Crippen LogP contribution in [0.1, 0.15) is 31.7 Å². The van der Waals surface area contributed by atoms with Crippen molar-refractivity contribution in [3.63, 3.8) is 0 Å². The number of fused-ring (bicyclic) bond motifs is 2. The van der Waals surface area contributed by atoms with Crippen molar-refractivity contribution in [1.82, 2.24) is 4.90 Å². The number of hydrogen-bond acceptors (Lipinski definition) is 3. The standard InChI is InChI=1S/C21H28N2O3/c1-13-3-7-17(8-4-13)23-10-9-22(12-14(23)2)20(24)18-15-5-6-16(11-15)19(18)21(25)26/h3-4,7-8,14-16,18-19H,5-6,9-12H2,1-2H3,(H,25,26)/t14-,15+,16-,18-,19-/m0/s1. The summed E-state index contributed by atoms with van der Waals surface area (Å²) >= 11 is 0. The second-order valence-corrected chi connectivity index (χ2v) is 8.39. The third-order valence-electron chi connectivity index (χ3n) is 6.79. The third kappa shape index (κ3) is 2.87. The van der Waals surface area contributed by atoms with Crippen LogP contribution in [0.15, 0.2) is 24.3 Å². The molecule has 1 aromatic carbocycles. The molecule has 3 fully saturated rings. The van der Waals surface area contributed by atoms with E-state index in [9.17, 15) is 14.7 Å². The van der Waals surface area contributed by atoms with E-state index in [1.54, 1.807) is 0 Å². The van der Waals surface area contributed by atoms with Gasteiger partial charge in [0.1, 0.15) is 0 Å². The van der Waals surface area contributed by atoms with Gasteiger partial charge in [-0.25, -0.2) is 0 Å². The Hall–Kier alpha value is -2.04. The lowest BCUT2D eigenvalue weighted by Gasteiger charge is -2.43. The summed E-state index contributed by atoms with van der Waals surface area (Å²) in [6, 6.07) is 8.75. The predicted octanol–water partition coefficient (Wildman–Crippen LogP) is 2.78. The highest BCUT2D eigenvalue weighted by Gasteiger charge is 2.55. The molecule has 2 saturated carbocycles. The average molecular weight is 356 g/mol. The van der Waals surface area contributed by atoms with Crippen molar-refractivity contribution in [3.8, 4) is 0 Å². The van der Waals surface area contributed by atoms with Gasteiger partial charge in [-0.1, -0.05) is 17.7 Å². The molecule has 2 bridgehead atoms. The number of anilines is 1. The van der Waals surface area contributed by atoms with E-state index >= 15 is 0 Å². The minimum Gasteiger partial charge on any atom is -0.481 e. The van der Waals surface area contributed by atoms with Gasteiger partial charge in [-0.2, -0.15) is 0 Å². The van der Waals surface area contributed by atoms with E-state index in [1.807, 2.05) is 4.90 Å². The molecule has 4 rings (SSSR count). The molecule has 1 aromatic rings. The predicted molar refractivity (Wildman–Crippen MR) is 100 cm³/mol. The first-order valence-electron chi connectivity index (χ1n) is 9.80. The number of carboxylic acids is 1. The van der Waals surface area contributed by atoms with E-state index in [-0.39, 0.29) is 29.7 Å². The van der Waals surface area contributed by atoms with Gasteiger partial charge in [0, 0.05) is 31.4 Å². The number of rotatable bonds is 3. The summed E-state index contributed by atoms with van der Waals surface area (Å²) in [6.45, 7) is 6.38. The van der Waals surface area contributed by atoms with Crippen LogP contribution in [0, 0.1) is 30.6 Å². The number of benzene rings is 1.